The Kier molecular flexibility index (Phi) is 6.22. The summed E-state index contributed by atoms with van der Waals surface area (Å²) in [6.45, 7) is 11.8. The number of anilines is 1. The van der Waals surface area contributed by atoms with Gasteiger partial charge in [-0.1, -0.05) is 13.0 Å². The van der Waals surface area contributed by atoms with Crippen molar-refractivity contribution in [2.75, 3.05) is 31.6 Å². The number of imidazole rings is 1. The van der Waals surface area contributed by atoms with E-state index in [4.69, 9.17) is 9.72 Å². The van der Waals surface area contributed by atoms with Crippen molar-refractivity contribution in [3.05, 3.63) is 53.9 Å². The molecule has 2 heterocycles. The van der Waals surface area contributed by atoms with Crippen LogP contribution in [-0.4, -0.2) is 64.4 Å². The number of fused-ring (bicyclic) bond motifs is 1. The summed E-state index contributed by atoms with van der Waals surface area (Å²) in [5.41, 5.74) is 3.91. The maximum Gasteiger partial charge on any atom is 0.335 e. The van der Waals surface area contributed by atoms with Gasteiger partial charge in [0.1, 0.15) is 11.9 Å². The molecule has 3 unspecified atom stereocenters. The molecule has 0 amide bonds. The van der Waals surface area contributed by atoms with Crippen molar-refractivity contribution < 1.29 is 14.6 Å². The van der Waals surface area contributed by atoms with Crippen LogP contribution in [0.3, 0.4) is 0 Å². The summed E-state index contributed by atoms with van der Waals surface area (Å²) < 4.78 is 7.67. The second kappa shape index (κ2) is 8.92. The summed E-state index contributed by atoms with van der Waals surface area (Å²) in [5.74, 6) is -0.209. The Hall–Kier alpha value is -2.90. The van der Waals surface area contributed by atoms with E-state index in [1.807, 2.05) is 13.0 Å². The standard InChI is InChI=1S/C25H32N4O3/c1-6-28-16(2)14-27(15-17(28)3)20-8-7-9-21(13-20)29-23-11-10-19(25(30)31)12-22(23)26-24(29)18(4)32-5/h7-13,16-18H,6,14-15H2,1-5H3,(H,30,31). The summed E-state index contributed by atoms with van der Waals surface area (Å²) >= 11 is 0. The summed E-state index contributed by atoms with van der Waals surface area (Å²) in [4.78, 5) is 21.2. The molecule has 0 aliphatic carbocycles. The van der Waals surface area contributed by atoms with Gasteiger partial charge >= 0.3 is 5.97 Å². The highest BCUT2D eigenvalue weighted by atomic mass is 16.5. The molecular weight excluding hydrogens is 404 g/mol. The van der Waals surface area contributed by atoms with E-state index in [-0.39, 0.29) is 11.7 Å². The van der Waals surface area contributed by atoms with Crippen molar-refractivity contribution in [2.24, 2.45) is 0 Å². The molecule has 4 rings (SSSR count). The van der Waals surface area contributed by atoms with E-state index in [1.165, 1.54) is 5.69 Å². The molecule has 3 aromatic rings. The number of rotatable bonds is 6. The van der Waals surface area contributed by atoms with Crippen LogP contribution in [0.4, 0.5) is 5.69 Å². The molecule has 2 aromatic carbocycles. The average molecular weight is 437 g/mol. The number of hydrogen-bond donors (Lipinski definition) is 1. The number of carboxylic acid groups (broad SMARTS) is 1. The van der Waals surface area contributed by atoms with Crippen LogP contribution in [0.25, 0.3) is 16.7 Å². The third kappa shape index (κ3) is 3.98. The number of benzene rings is 2. The second-order valence-corrected chi connectivity index (χ2v) is 8.65. The molecule has 1 N–H and O–H groups in total. The first-order chi connectivity index (χ1) is 15.3. The number of aromatic carboxylic acids is 1. The fourth-order valence-electron chi connectivity index (χ4n) is 4.90. The number of aromatic nitrogens is 2. The molecule has 0 radical (unpaired) electrons. The van der Waals surface area contributed by atoms with Crippen molar-refractivity contribution in [1.82, 2.24) is 14.5 Å². The van der Waals surface area contributed by atoms with Gasteiger partial charge in [-0.05, 0) is 63.7 Å². The SMILES string of the molecule is CCN1C(C)CN(c2cccc(-n3c(C(C)OC)nc4cc(C(=O)O)ccc43)c2)CC1C. The van der Waals surface area contributed by atoms with Crippen LogP contribution in [-0.2, 0) is 4.74 Å². The lowest BCUT2D eigenvalue weighted by atomic mass is 10.1. The molecule has 3 atom stereocenters. The summed E-state index contributed by atoms with van der Waals surface area (Å²) in [6.07, 6.45) is -0.243. The molecule has 0 spiro atoms. The van der Waals surface area contributed by atoms with E-state index in [0.717, 1.165) is 36.7 Å². The lowest BCUT2D eigenvalue weighted by Crippen LogP contribution is -2.56. The number of carboxylic acids is 1. The van der Waals surface area contributed by atoms with Crippen molar-refractivity contribution in [3.63, 3.8) is 0 Å². The number of piperazine rings is 1. The van der Waals surface area contributed by atoms with Gasteiger partial charge in [0.25, 0.3) is 0 Å². The summed E-state index contributed by atoms with van der Waals surface area (Å²) in [5, 5.41) is 9.38. The first kappa shape index (κ1) is 22.3. The van der Waals surface area contributed by atoms with Crippen LogP contribution in [0.2, 0.25) is 0 Å². The largest absolute Gasteiger partial charge is 0.478 e. The first-order valence-corrected chi connectivity index (χ1v) is 11.2. The van der Waals surface area contributed by atoms with E-state index >= 15 is 0 Å². The quantitative estimate of drug-likeness (QED) is 0.620. The van der Waals surface area contributed by atoms with E-state index in [0.29, 0.717) is 17.6 Å². The van der Waals surface area contributed by atoms with Gasteiger partial charge < -0.3 is 14.7 Å². The predicted molar refractivity (Wildman–Crippen MR) is 127 cm³/mol. The van der Waals surface area contributed by atoms with E-state index < -0.39 is 5.97 Å². The second-order valence-electron chi connectivity index (χ2n) is 8.65. The molecular formula is C25H32N4O3. The van der Waals surface area contributed by atoms with Crippen molar-refractivity contribution in [1.29, 1.82) is 0 Å². The Morgan fingerprint density at radius 2 is 1.84 bits per heavy atom. The van der Waals surface area contributed by atoms with Crippen molar-refractivity contribution >= 4 is 22.7 Å². The molecule has 32 heavy (non-hydrogen) atoms. The van der Waals surface area contributed by atoms with Crippen LogP contribution < -0.4 is 4.90 Å². The maximum absolute atomic E-state index is 11.4. The molecule has 1 saturated heterocycles. The van der Waals surface area contributed by atoms with Crippen molar-refractivity contribution in [3.8, 4) is 5.69 Å². The van der Waals surface area contributed by atoms with E-state index in [1.54, 1.807) is 19.2 Å². The molecule has 1 fully saturated rings. The predicted octanol–water partition coefficient (Wildman–Crippen LogP) is 4.35. The van der Waals surface area contributed by atoms with Gasteiger partial charge in [-0.2, -0.15) is 0 Å². The van der Waals surface area contributed by atoms with Crippen LogP contribution in [0.5, 0.6) is 0 Å². The number of likely N-dealkylation sites (N-methyl/N-ethyl adjacent to an activating group) is 1. The summed E-state index contributed by atoms with van der Waals surface area (Å²) in [6, 6.07) is 14.5. The zero-order valence-corrected chi connectivity index (χ0v) is 19.4. The van der Waals surface area contributed by atoms with Crippen molar-refractivity contribution in [2.45, 2.75) is 45.9 Å². The van der Waals surface area contributed by atoms with Gasteiger partial charge in [-0.25, -0.2) is 9.78 Å². The van der Waals surface area contributed by atoms with Gasteiger partial charge in [0.2, 0.25) is 0 Å². The third-order valence-electron chi connectivity index (χ3n) is 6.56. The van der Waals surface area contributed by atoms with Gasteiger partial charge in [-0.15, -0.1) is 0 Å². The Morgan fingerprint density at radius 1 is 1.16 bits per heavy atom. The zero-order valence-electron chi connectivity index (χ0n) is 19.4. The van der Waals surface area contributed by atoms with Gasteiger partial charge in [0, 0.05) is 43.7 Å². The Morgan fingerprint density at radius 3 is 2.47 bits per heavy atom. The van der Waals surface area contributed by atoms with Crippen LogP contribution in [0, 0.1) is 0 Å². The fraction of sp³-hybridized carbons (Fsp3) is 0.440. The van der Waals surface area contributed by atoms with E-state index in [2.05, 4.69) is 59.4 Å². The van der Waals surface area contributed by atoms with Crippen LogP contribution >= 0.6 is 0 Å². The monoisotopic (exact) mass is 436 g/mol. The number of hydrogen-bond acceptors (Lipinski definition) is 5. The molecule has 170 valence electrons. The van der Waals surface area contributed by atoms with Gasteiger partial charge in [0.05, 0.1) is 16.6 Å². The maximum atomic E-state index is 11.4. The van der Waals surface area contributed by atoms with Gasteiger partial charge in [0.15, 0.2) is 0 Å². The lowest BCUT2D eigenvalue weighted by molar-refractivity contribution is 0.0697. The average Bonchev–Trinajstić information content (AvgIpc) is 3.17. The smallest absolute Gasteiger partial charge is 0.335 e. The van der Waals surface area contributed by atoms with Crippen LogP contribution in [0.15, 0.2) is 42.5 Å². The highest BCUT2D eigenvalue weighted by molar-refractivity contribution is 5.93. The zero-order chi connectivity index (χ0) is 23.0. The topological polar surface area (TPSA) is 70.8 Å². The summed E-state index contributed by atoms with van der Waals surface area (Å²) in [7, 11) is 1.66. The van der Waals surface area contributed by atoms with E-state index in [9.17, 15) is 9.90 Å². The Labute approximate surface area is 189 Å². The molecule has 0 bridgehead atoms. The first-order valence-electron chi connectivity index (χ1n) is 11.2. The normalized spacial score (nSPS) is 20.6. The molecule has 1 aliphatic heterocycles. The number of nitrogens with zero attached hydrogens (tertiary/aromatic N) is 4. The third-order valence-corrected chi connectivity index (χ3v) is 6.56. The molecule has 7 heteroatoms. The minimum Gasteiger partial charge on any atom is -0.478 e. The number of methoxy groups -OCH3 is 1. The lowest BCUT2D eigenvalue weighted by Gasteiger charge is -2.45. The number of ether oxygens (including phenoxy) is 1. The Bertz CT molecular complexity index is 1110. The molecule has 7 nitrogen and oxygen atoms in total. The molecule has 1 aliphatic rings. The minimum absolute atomic E-state index is 0.226. The minimum atomic E-state index is -0.959. The highest BCUT2D eigenvalue weighted by Gasteiger charge is 2.28. The fourth-order valence-corrected chi connectivity index (χ4v) is 4.90. The molecule has 0 saturated carbocycles. The number of carbonyl (C=O) groups is 1. The highest BCUT2D eigenvalue weighted by Crippen LogP contribution is 2.30. The molecule has 1 aromatic heterocycles. The Balaban J connectivity index is 1.78. The van der Waals surface area contributed by atoms with Crippen LogP contribution in [0.1, 0.15) is 50.0 Å². The van der Waals surface area contributed by atoms with Gasteiger partial charge in [-0.3, -0.25) is 9.47 Å².